The first-order chi connectivity index (χ1) is 12.9. The molecule has 3 rings (SSSR count). The number of nitrogens with one attached hydrogen (secondary N) is 2. The lowest BCUT2D eigenvalue weighted by atomic mass is 9.95. The molecule has 1 aromatic heterocycles. The first-order valence-corrected chi connectivity index (χ1v) is 11.2. The van der Waals surface area contributed by atoms with Gasteiger partial charge in [-0.05, 0) is 38.2 Å². The van der Waals surface area contributed by atoms with E-state index in [1.165, 1.54) is 11.3 Å². The third kappa shape index (κ3) is 4.60. The Kier molecular flexibility index (Phi) is 6.35. The number of ether oxygens (including phenoxy) is 2. The fraction of sp³-hybridized carbons (Fsp3) is 0.625. The highest BCUT2D eigenvalue weighted by atomic mass is 32.2. The summed E-state index contributed by atoms with van der Waals surface area (Å²) in [6.45, 7) is 2.88. The highest BCUT2D eigenvalue weighted by Crippen LogP contribution is 2.38. The van der Waals surface area contributed by atoms with Crippen molar-refractivity contribution in [3.63, 3.8) is 0 Å². The Morgan fingerprint density at radius 3 is 2.63 bits per heavy atom. The molecule has 2 heterocycles. The van der Waals surface area contributed by atoms with Crippen LogP contribution in [0, 0.1) is 0 Å². The molecule has 2 N–H and O–H groups in total. The average molecular weight is 418 g/mol. The Morgan fingerprint density at radius 1 is 1.22 bits per heavy atom. The summed E-state index contributed by atoms with van der Waals surface area (Å²) in [6, 6.07) is -0.898. The Labute approximate surface area is 162 Å². The van der Waals surface area contributed by atoms with Gasteiger partial charge in [0.05, 0.1) is 25.4 Å². The lowest BCUT2D eigenvalue weighted by Gasteiger charge is -2.25. The number of carbonyl (C=O) groups is 2. The van der Waals surface area contributed by atoms with Gasteiger partial charge in [-0.15, -0.1) is 11.3 Å². The fourth-order valence-corrected chi connectivity index (χ4v) is 5.49. The summed E-state index contributed by atoms with van der Waals surface area (Å²) in [5, 5.41) is 2.86. The Bertz CT molecular complexity index is 814. The summed E-state index contributed by atoms with van der Waals surface area (Å²) in [5.74, 6) is -0.497. The minimum atomic E-state index is -3.97. The Hall–Kier alpha value is -1.69. The van der Waals surface area contributed by atoms with Crippen LogP contribution in [0.3, 0.4) is 0 Å². The Morgan fingerprint density at radius 2 is 1.93 bits per heavy atom. The zero-order valence-corrected chi connectivity index (χ0v) is 16.7. The maximum absolute atomic E-state index is 12.4. The van der Waals surface area contributed by atoms with Crippen molar-refractivity contribution >= 4 is 38.5 Å². The molecular weight excluding hydrogens is 394 g/mol. The topological polar surface area (TPSA) is 114 Å². The highest BCUT2D eigenvalue weighted by Gasteiger charge is 2.30. The number of urea groups is 1. The van der Waals surface area contributed by atoms with Crippen molar-refractivity contribution < 1.29 is 27.5 Å². The molecule has 2 aliphatic rings. The molecule has 1 aliphatic carbocycles. The first kappa shape index (κ1) is 20.1. The number of thiophene rings is 1. The number of amides is 2. The minimum absolute atomic E-state index is 0.185. The lowest BCUT2D eigenvalue weighted by Crippen LogP contribution is -2.49. The number of carbonyl (C=O) groups excluding carboxylic acids is 2. The summed E-state index contributed by atoms with van der Waals surface area (Å²) in [7, 11) is -3.97. The van der Waals surface area contributed by atoms with Gasteiger partial charge in [0.1, 0.15) is 5.00 Å². The zero-order valence-electron chi connectivity index (χ0n) is 15.1. The minimum Gasteiger partial charge on any atom is -0.462 e. The van der Waals surface area contributed by atoms with Crippen LogP contribution < -0.4 is 10.0 Å². The fourth-order valence-electron chi connectivity index (χ4n) is 3.17. The standard InChI is InChI=1S/C16H23N3O6S2/c1-2-25-15(20)13-11-5-3-4-6-12(11)26-14(13)17-16(21)18-27(22,23)19-7-9-24-10-8-19/h2-10H2,1H3,(H2,17,18,21). The van der Waals surface area contributed by atoms with Crippen LogP contribution in [0.2, 0.25) is 0 Å². The van der Waals surface area contributed by atoms with Crippen molar-refractivity contribution in [2.75, 3.05) is 38.2 Å². The van der Waals surface area contributed by atoms with Crippen molar-refractivity contribution in [1.82, 2.24) is 9.03 Å². The quantitative estimate of drug-likeness (QED) is 0.702. The van der Waals surface area contributed by atoms with Crippen LogP contribution in [0.5, 0.6) is 0 Å². The van der Waals surface area contributed by atoms with Crippen LogP contribution >= 0.6 is 11.3 Å². The van der Waals surface area contributed by atoms with Crippen LogP contribution in [0.4, 0.5) is 9.80 Å². The maximum atomic E-state index is 12.4. The number of nitrogens with zero attached hydrogens (tertiary/aromatic N) is 1. The molecule has 9 nitrogen and oxygen atoms in total. The van der Waals surface area contributed by atoms with E-state index in [-0.39, 0.29) is 32.9 Å². The summed E-state index contributed by atoms with van der Waals surface area (Å²) in [6.07, 6.45) is 3.57. The molecule has 0 spiro atoms. The van der Waals surface area contributed by atoms with E-state index >= 15 is 0 Å². The molecular formula is C16H23N3O6S2. The number of esters is 1. The van der Waals surface area contributed by atoms with E-state index < -0.39 is 22.2 Å². The molecule has 0 atom stereocenters. The molecule has 1 saturated heterocycles. The van der Waals surface area contributed by atoms with Crippen molar-refractivity contribution in [3.8, 4) is 0 Å². The van der Waals surface area contributed by atoms with Gasteiger partial charge in [0.15, 0.2) is 0 Å². The number of hydrogen-bond acceptors (Lipinski definition) is 7. The molecule has 27 heavy (non-hydrogen) atoms. The predicted molar refractivity (Wildman–Crippen MR) is 100 cm³/mol. The van der Waals surface area contributed by atoms with Crippen LogP contribution in [0.25, 0.3) is 0 Å². The molecule has 1 fully saturated rings. The Balaban J connectivity index is 1.77. The first-order valence-electron chi connectivity index (χ1n) is 8.90. The number of fused-ring (bicyclic) bond motifs is 1. The molecule has 11 heteroatoms. The van der Waals surface area contributed by atoms with Gasteiger partial charge < -0.3 is 9.47 Å². The van der Waals surface area contributed by atoms with Crippen molar-refractivity contribution in [3.05, 3.63) is 16.0 Å². The van der Waals surface area contributed by atoms with Crippen molar-refractivity contribution in [2.24, 2.45) is 0 Å². The van der Waals surface area contributed by atoms with Gasteiger partial charge in [0, 0.05) is 18.0 Å². The van der Waals surface area contributed by atoms with Gasteiger partial charge in [-0.25, -0.2) is 14.3 Å². The maximum Gasteiger partial charge on any atom is 0.341 e. The molecule has 150 valence electrons. The molecule has 1 aromatic rings. The number of aryl methyl sites for hydroxylation is 1. The number of morpholine rings is 1. The van der Waals surface area contributed by atoms with Gasteiger partial charge >= 0.3 is 22.2 Å². The number of rotatable bonds is 5. The summed E-state index contributed by atoms with van der Waals surface area (Å²) in [4.78, 5) is 25.7. The molecule has 0 aromatic carbocycles. The average Bonchev–Trinajstić information content (AvgIpc) is 2.99. The highest BCUT2D eigenvalue weighted by molar-refractivity contribution is 7.87. The van der Waals surface area contributed by atoms with E-state index in [9.17, 15) is 18.0 Å². The molecule has 0 saturated carbocycles. The van der Waals surface area contributed by atoms with Crippen LogP contribution in [-0.4, -0.2) is 57.6 Å². The molecule has 0 radical (unpaired) electrons. The van der Waals surface area contributed by atoms with E-state index in [4.69, 9.17) is 9.47 Å². The second-order valence-corrected chi connectivity index (χ2v) is 8.98. The van der Waals surface area contributed by atoms with E-state index in [1.54, 1.807) is 6.92 Å². The third-order valence-electron chi connectivity index (χ3n) is 4.41. The summed E-state index contributed by atoms with van der Waals surface area (Å²) >= 11 is 1.30. The van der Waals surface area contributed by atoms with Gasteiger partial charge in [0.2, 0.25) is 0 Å². The van der Waals surface area contributed by atoms with E-state index in [0.29, 0.717) is 10.6 Å². The molecule has 0 bridgehead atoms. The van der Waals surface area contributed by atoms with Crippen LogP contribution in [0.15, 0.2) is 0 Å². The summed E-state index contributed by atoms with van der Waals surface area (Å²) in [5.41, 5.74) is 1.24. The summed E-state index contributed by atoms with van der Waals surface area (Å²) < 4.78 is 38.0. The SMILES string of the molecule is CCOC(=O)c1c(NC(=O)NS(=O)(=O)N2CCOCC2)sc2c1CCCC2. The molecule has 2 amide bonds. The van der Waals surface area contributed by atoms with E-state index in [1.807, 2.05) is 4.72 Å². The smallest absolute Gasteiger partial charge is 0.341 e. The third-order valence-corrected chi connectivity index (χ3v) is 7.11. The number of anilines is 1. The molecule has 1 aliphatic heterocycles. The van der Waals surface area contributed by atoms with E-state index in [2.05, 4.69) is 5.32 Å². The van der Waals surface area contributed by atoms with Gasteiger partial charge in [-0.2, -0.15) is 12.7 Å². The van der Waals surface area contributed by atoms with Gasteiger partial charge in [-0.1, -0.05) is 0 Å². The number of hydrogen-bond donors (Lipinski definition) is 2. The van der Waals surface area contributed by atoms with Crippen LogP contribution in [-0.2, 0) is 32.5 Å². The normalized spacial score (nSPS) is 17.8. The second kappa shape index (κ2) is 8.55. The zero-order chi connectivity index (χ0) is 19.4. The monoisotopic (exact) mass is 417 g/mol. The largest absolute Gasteiger partial charge is 0.462 e. The van der Waals surface area contributed by atoms with Crippen molar-refractivity contribution in [2.45, 2.75) is 32.6 Å². The molecule has 0 unspecified atom stereocenters. The van der Waals surface area contributed by atoms with Crippen LogP contribution in [0.1, 0.15) is 40.6 Å². The van der Waals surface area contributed by atoms with Crippen molar-refractivity contribution in [1.29, 1.82) is 0 Å². The second-order valence-electron chi connectivity index (χ2n) is 6.21. The predicted octanol–water partition coefficient (Wildman–Crippen LogP) is 1.50. The van der Waals surface area contributed by atoms with Gasteiger partial charge in [0.25, 0.3) is 0 Å². The van der Waals surface area contributed by atoms with E-state index in [0.717, 1.165) is 40.4 Å². The van der Waals surface area contributed by atoms with Gasteiger partial charge in [-0.3, -0.25) is 5.32 Å². The lowest BCUT2D eigenvalue weighted by molar-refractivity contribution is 0.0526.